The summed E-state index contributed by atoms with van der Waals surface area (Å²) in [7, 11) is 0. The molecule has 1 saturated carbocycles. The van der Waals surface area contributed by atoms with Crippen LogP contribution in [-0.2, 0) is 0 Å². The van der Waals surface area contributed by atoms with Crippen LogP contribution >= 0.6 is 15.9 Å². The van der Waals surface area contributed by atoms with Gasteiger partial charge in [-0.15, -0.1) is 0 Å². The van der Waals surface area contributed by atoms with E-state index in [1.807, 2.05) is 16.8 Å². The summed E-state index contributed by atoms with van der Waals surface area (Å²) in [5, 5.41) is 2.75. The Morgan fingerprint density at radius 3 is 2.85 bits per heavy atom. The normalized spacial score (nSPS) is 14.9. The van der Waals surface area contributed by atoms with Crippen molar-refractivity contribution in [1.82, 2.24) is 4.57 Å². The minimum atomic E-state index is -0.377. The highest BCUT2D eigenvalue weighted by Crippen LogP contribution is 2.33. The lowest BCUT2D eigenvalue weighted by molar-refractivity contribution is 0.101. The maximum Gasteiger partial charge on any atom is 0.272 e. The van der Waals surface area contributed by atoms with E-state index in [2.05, 4.69) is 21.2 Å². The second-order valence-corrected chi connectivity index (χ2v) is 5.82. The number of aromatic nitrogens is 1. The minimum absolute atomic E-state index is 0.215. The van der Waals surface area contributed by atoms with Crippen molar-refractivity contribution in [2.75, 3.05) is 5.32 Å². The van der Waals surface area contributed by atoms with Gasteiger partial charge in [-0.3, -0.25) is 4.79 Å². The standard InChI is InChI=1S/C15H14BrFN2O/c16-12-7-6-10(17)9-13(12)18-15(20)14-5-2-8-19(14)11-3-1-4-11/h2,5-9,11H,1,3-4H2,(H,18,20). The molecule has 20 heavy (non-hydrogen) atoms. The van der Waals surface area contributed by atoms with Gasteiger partial charge < -0.3 is 9.88 Å². The largest absolute Gasteiger partial charge is 0.340 e. The van der Waals surface area contributed by atoms with Crippen LogP contribution in [0.3, 0.4) is 0 Å². The van der Waals surface area contributed by atoms with E-state index in [0.717, 1.165) is 12.8 Å². The maximum atomic E-state index is 13.2. The quantitative estimate of drug-likeness (QED) is 0.887. The van der Waals surface area contributed by atoms with Crippen molar-refractivity contribution >= 4 is 27.5 Å². The van der Waals surface area contributed by atoms with Gasteiger partial charge >= 0.3 is 0 Å². The van der Waals surface area contributed by atoms with Gasteiger partial charge in [0, 0.05) is 16.7 Å². The Morgan fingerprint density at radius 2 is 2.15 bits per heavy atom. The Balaban J connectivity index is 1.82. The predicted molar refractivity (Wildman–Crippen MR) is 79.4 cm³/mol. The molecule has 0 saturated heterocycles. The molecule has 1 heterocycles. The highest BCUT2D eigenvalue weighted by molar-refractivity contribution is 9.10. The van der Waals surface area contributed by atoms with Crippen molar-refractivity contribution in [3.63, 3.8) is 0 Å². The first-order chi connectivity index (χ1) is 9.65. The molecule has 5 heteroatoms. The molecule has 1 amide bonds. The summed E-state index contributed by atoms with van der Waals surface area (Å²) < 4.78 is 15.9. The van der Waals surface area contributed by atoms with Gasteiger partial charge in [0.25, 0.3) is 5.91 Å². The molecule has 1 fully saturated rings. The molecular weight excluding hydrogens is 323 g/mol. The van der Waals surface area contributed by atoms with E-state index in [9.17, 15) is 9.18 Å². The number of nitrogens with zero attached hydrogens (tertiary/aromatic N) is 1. The summed E-state index contributed by atoms with van der Waals surface area (Å²) in [5.41, 5.74) is 1.06. The number of rotatable bonds is 3. The second kappa shape index (κ2) is 5.40. The number of hydrogen-bond donors (Lipinski definition) is 1. The van der Waals surface area contributed by atoms with Crippen LogP contribution in [0.4, 0.5) is 10.1 Å². The monoisotopic (exact) mass is 336 g/mol. The summed E-state index contributed by atoms with van der Waals surface area (Å²) in [6.07, 6.45) is 5.36. The fourth-order valence-electron chi connectivity index (χ4n) is 2.35. The Morgan fingerprint density at radius 1 is 1.35 bits per heavy atom. The second-order valence-electron chi connectivity index (χ2n) is 4.96. The van der Waals surface area contributed by atoms with E-state index in [4.69, 9.17) is 0 Å². The molecule has 0 spiro atoms. The first-order valence-corrected chi connectivity index (χ1v) is 7.37. The van der Waals surface area contributed by atoms with Gasteiger partial charge in [0.1, 0.15) is 11.5 Å². The summed E-state index contributed by atoms with van der Waals surface area (Å²) in [6.45, 7) is 0. The molecule has 0 unspecified atom stereocenters. The molecule has 104 valence electrons. The first kappa shape index (κ1) is 13.4. The lowest BCUT2D eigenvalue weighted by atomic mass is 9.93. The summed E-state index contributed by atoms with van der Waals surface area (Å²) in [5.74, 6) is -0.592. The van der Waals surface area contributed by atoms with Crippen molar-refractivity contribution in [2.24, 2.45) is 0 Å². The van der Waals surface area contributed by atoms with Crippen molar-refractivity contribution in [3.05, 3.63) is 52.5 Å². The molecule has 1 aliphatic carbocycles. The van der Waals surface area contributed by atoms with Gasteiger partial charge in [-0.25, -0.2) is 4.39 Å². The predicted octanol–water partition coefficient (Wildman–Crippen LogP) is 4.37. The van der Waals surface area contributed by atoms with Gasteiger partial charge in [-0.1, -0.05) is 0 Å². The molecular formula is C15H14BrFN2O. The SMILES string of the molecule is O=C(Nc1cc(F)ccc1Br)c1cccn1C1CCC1. The average Bonchev–Trinajstić information content (AvgIpc) is 2.80. The van der Waals surface area contributed by atoms with Crippen LogP contribution in [0.1, 0.15) is 35.8 Å². The average molecular weight is 337 g/mol. The van der Waals surface area contributed by atoms with Crippen LogP contribution in [-0.4, -0.2) is 10.5 Å². The Labute approximate surface area is 124 Å². The third kappa shape index (κ3) is 2.50. The summed E-state index contributed by atoms with van der Waals surface area (Å²) in [6, 6.07) is 8.31. The Kier molecular flexibility index (Phi) is 3.61. The van der Waals surface area contributed by atoms with E-state index in [1.165, 1.54) is 18.6 Å². The fraction of sp³-hybridized carbons (Fsp3) is 0.267. The molecule has 3 nitrogen and oxygen atoms in total. The zero-order valence-electron chi connectivity index (χ0n) is 10.8. The van der Waals surface area contributed by atoms with Crippen LogP contribution in [0.25, 0.3) is 0 Å². The van der Waals surface area contributed by atoms with Crippen molar-refractivity contribution in [1.29, 1.82) is 0 Å². The van der Waals surface area contributed by atoms with Crippen molar-refractivity contribution in [2.45, 2.75) is 25.3 Å². The fourth-order valence-corrected chi connectivity index (χ4v) is 2.69. The lowest BCUT2D eigenvalue weighted by Gasteiger charge is -2.28. The van der Waals surface area contributed by atoms with Crippen LogP contribution in [0, 0.1) is 5.82 Å². The number of benzene rings is 1. The van der Waals surface area contributed by atoms with E-state index >= 15 is 0 Å². The zero-order valence-corrected chi connectivity index (χ0v) is 12.4. The third-order valence-corrected chi connectivity index (χ3v) is 4.35. The number of carbonyl (C=O) groups excluding carboxylic acids is 1. The maximum absolute atomic E-state index is 13.2. The molecule has 1 aromatic carbocycles. The molecule has 1 aromatic heterocycles. The summed E-state index contributed by atoms with van der Waals surface area (Å²) in [4.78, 5) is 12.3. The van der Waals surface area contributed by atoms with E-state index in [-0.39, 0.29) is 11.7 Å². The van der Waals surface area contributed by atoms with Gasteiger partial charge in [0.2, 0.25) is 0 Å². The molecule has 3 rings (SSSR count). The highest BCUT2D eigenvalue weighted by Gasteiger charge is 2.23. The number of anilines is 1. The highest BCUT2D eigenvalue weighted by atomic mass is 79.9. The summed E-state index contributed by atoms with van der Waals surface area (Å²) >= 11 is 3.31. The molecule has 1 aliphatic rings. The van der Waals surface area contributed by atoms with Gasteiger partial charge in [0.15, 0.2) is 0 Å². The number of halogens is 2. The molecule has 0 radical (unpaired) electrons. The molecule has 0 aliphatic heterocycles. The smallest absolute Gasteiger partial charge is 0.272 e. The zero-order chi connectivity index (χ0) is 14.1. The van der Waals surface area contributed by atoms with Crippen LogP contribution in [0.5, 0.6) is 0 Å². The molecule has 0 bridgehead atoms. The van der Waals surface area contributed by atoms with Crippen molar-refractivity contribution < 1.29 is 9.18 Å². The van der Waals surface area contributed by atoms with E-state index < -0.39 is 0 Å². The van der Waals surface area contributed by atoms with E-state index in [0.29, 0.717) is 21.9 Å². The van der Waals surface area contributed by atoms with Gasteiger partial charge in [0.05, 0.1) is 5.69 Å². The van der Waals surface area contributed by atoms with Crippen LogP contribution in [0.2, 0.25) is 0 Å². The lowest BCUT2D eigenvalue weighted by Crippen LogP contribution is -2.23. The Hall–Kier alpha value is -1.62. The van der Waals surface area contributed by atoms with Crippen LogP contribution in [0.15, 0.2) is 41.0 Å². The Bertz CT molecular complexity index is 649. The minimum Gasteiger partial charge on any atom is -0.340 e. The number of hydrogen-bond acceptors (Lipinski definition) is 1. The van der Waals surface area contributed by atoms with E-state index in [1.54, 1.807) is 12.1 Å². The van der Waals surface area contributed by atoms with Gasteiger partial charge in [-0.2, -0.15) is 0 Å². The number of amides is 1. The number of nitrogens with one attached hydrogen (secondary N) is 1. The third-order valence-electron chi connectivity index (χ3n) is 3.66. The number of carbonyl (C=O) groups is 1. The van der Waals surface area contributed by atoms with Crippen molar-refractivity contribution in [3.8, 4) is 0 Å². The van der Waals surface area contributed by atoms with Crippen LogP contribution < -0.4 is 5.32 Å². The topological polar surface area (TPSA) is 34.0 Å². The molecule has 0 atom stereocenters. The molecule has 1 N–H and O–H groups in total. The first-order valence-electron chi connectivity index (χ1n) is 6.58. The molecule has 2 aromatic rings. The van der Waals surface area contributed by atoms with Gasteiger partial charge in [-0.05, 0) is 65.5 Å².